The number of ether oxygens (including phenoxy) is 3. The zero-order valence-corrected chi connectivity index (χ0v) is 34.8. The van der Waals surface area contributed by atoms with E-state index >= 15 is 0 Å². The highest BCUT2D eigenvalue weighted by molar-refractivity contribution is 6.01. The minimum Gasteiger partial charge on any atom is -0.457 e. The molecule has 2 aliphatic heterocycles. The van der Waals surface area contributed by atoms with Gasteiger partial charge in [0.25, 0.3) is 5.91 Å². The van der Waals surface area contributed by atoms with E-state index < -0.39 is 30.2 Å². The molecule has 15 heteroatoms. The maximum absolute atomic E-state index is 14.0. The van der Waals surface area contributed by atoms with Crippen LogP contribution in [0, 0.1) is 0 Å². The Bertz CT molecular complexity index is 2630. The van der Waals surface area contributed by atoms with Gasteiger partial charge in [0.1, 0.15) is 35.2 Å². The number of carbonyl (C=O) groups is 4. The summed E-state index contributed by atoms with van der Waals surface area (Å²) in [4.78, 5) is 75.8. The van der Waals surface area contributed by atoms with Gasteiger partial charge in [0.15, 0.2) is 0 Å². The second-order valence-electron chi connectivity index (χ2n) is 15.2. The number of benzene rings is 4. The molecule has 15 nitrogen and oxygen atoms in total. The predicted octanol–water partition coefficient (Wildman–Crippen LogP) is 8.47. The number of nitrogens with one attached hydrogen (secondary N) is 3. The summed E-state index contributed by atoms with van der Waals surface area (Å²) < 4.78 is 15.8. The number of amides is 4. The summed E-state index contributed by atoms with van der Waals surface area (Å²) in [5.41, 5.74) is 5.33. The van der Waals surface area contributed by atoms with Crippen molar-refractivity contribution in [1.29, 1.82) is 0 Å². The second kappa shape index (κ2) is 18.8. The Labute approximate surface area is 363 Å². The summed E-state index contributed by atoms with van der Waals surface area (Å²) in [5, 5.41) is 2.69. The van der Waals surface area contributed by atoms with Crippen molar-refractivity contribution in [2.75, 3.05) is 27.3 Å². The van der Waals surface area contributed by atoms with Crippen LogP contribution < -0.4 is 10.1 Å². The van der Waals surface area contributed by atoms with Gasteiger partial charge in [-0.1, -0.05) is 79.4 Å². The van der Waals surface area contributed by atoms with Crippen molar-refractivity contribution in [1.82, 2.24) is 35.1 Å². The maximum atomic E-state index is 14.0. The number of aromatic nitrogens is 4. The standard InChI is InChI=1S/C48H46N8O7/c1-30-23-25-56(46(58)41(54-48(60)62-3)33-14-8-5-9-15-33)42(30)44-50-29-39(53-44)34-16-10-17-36(26-34)63-35-21-19-32(20-22-35)38-28-49-43(52-38)40-18-11-24-55(40)45(57)37(27-51-47(59)61-2)31-12-6-4-7-13-31/h4-10,12-17,19-22,26-29,37,40-42H,1,11,18,23-25H2,2-3H3,(H,49,52)(H,50,53)(H,54,60)/b51-27-/t37?,40-,41+,42-/m0/s1. The van der Waals surface area contributed by atoms with E-state index in [4.69, 9.17) is 14.5 Å². The minimum absolute atomic E-state index is 0.172. The molecule has 4 aromatic carbocycles. The van der Waals surface area contributed by atoms with Gasteiger partial charge in [-0.2, -0.15) is 4.99 Å². The van der Waals surface area contributed by atoms with Gasteiger partial charge in [-0.3, -0.25) is 9.59 Å². The number of hydrogen-bond donors (Lipinski definition) is 3. The number of aliphatic imine (C=N–C) groups is 1. The van der Waals surface area contributed by atoms with Gasteiger partial charge < -0.3 is 39.3 Å². The molecule has 0 bridgehead atoms. The Hall–Kier alpha value is -7.81. The van der Waals surface area contributed by atoms with Crippen molar-refractivity contribution in [2.24, 2.45) is 4.99 Å². The number of methoxy groups -OCH3 is 2. The zero-order valence-electron chi connectivity index (χ0n) is 34.8. The minimum atomic E-state index is -0.955. The molecular weight excluding hydrogens is 801 g/mol. The van der Waals surface area contributed by atoms with E-state index in [2.05, 4.69) is 36.6 Å². The summed E-state index contributed by atoms with van der Waals surface area (Å²) in [6.07, 6.45) is 5.55. The molecular formula is C48H46N8O7. The Morgan fingerprint density at radius 3 is 2.30 bits per heavy atom. The number of hydrogen-bond acceptors (Lipinski definition) is 9. The molecule has 4 heterocycles. The Morgan fingerprint density at radius 2 is 1.57 bits per heavy atom. The molecule has 2 saturated heterocycles. The first-order valence-corrected chi connectivity index (χ1v) is 20.5. The fourth-order valence-corrected chi connectivity index (χ4v) is 8.07. The van der Waals surface area contributed by atoms with Crippen LogP contribution in [0.1, 0.15) is 66.1 Å². The fraction of sp³-hybridized carbons (Fsp3) is 0.229. The topological polar surface area (TPSA) is 184 Å². The molecule has 6 aromatic rings. The molecule has 2 aromatic heterocycles. The number of carbonyl (C=O) groups excluding carboxylic acids is 4. The van der Waals surface area contributed by atoms with Crippen LogP contribution in [0.3, 0.4) is 0 Å². The lowest BCUT2D eigenvalue weighted by Gasteiger charge is -2.28. The number of rotatable bonds is 12. The molecule has 4 atom stereocenters. The van der Waals surface area contributed by atoms with Crippen LogP contribution in [0.25, 0.3) is 22.5 Å². The average molecular weight is 847 g/mol. The predicted molar refractivity (Wildman–Crippen MR) is 235 cm³/mol. The molecule has 2 fully saturated rings. The Morgan fingerprint density at radius 1 is 0.825 bits per heavy atom. The van der Waals surface area contributed by atoms with Gasteiger partial charge in [-0.25, -0.2) is 19.6 Å². The highest BCUT2D eigenvalue weighted by Crippen LogP contribution is 2.38. The van der Waals surface area contributed by atoms with E-state index in [1.807, 2.05) is 103 Å². The van der Waals surface area contributed by atoms with Gasteiger partial charge in [-0.15, -0.1) is 0 Å². The van der Waals surface area contributed by atoms with Crippen molar-refractivity contribution < 1.29 is 33.4 Å². The third-order valence-electron chi connectivity index (χ3n) is 11.2. The molecule has 63 heavy (non-hydrogen) atoms. The smallest absolute Gasteiger partial charge is 0.432 e. The van der Waals surface area contributed by atoms with Gasteiger partial charge in [0.05, 0.1) is 43.8 Å². The van der Waals surface area contributed by atoms with Crippen LogP contribution in [-0.2, 0) is 19.1 Å². The third-order valence-corrected chi connectivity index (χ3v) is 11.2. The zero-order chi connectivity index (χ0) is 43.9. The van der Waals surface area contributed by atoms with E-state index in [0.717, 1.165) is 46.5 Å². The normalized spacial score (nSPS) is 17.1. The molecule has 0 spiro atoms. The largest absolute Gasteiger partial charge is 0.457 e. The quantitative estimate of drug-likeness (QED) is 0.0803. The first kappa shape index (κ1) is 41.9. The molecule has 4 amide bonds. The van der Waals surface area contributed by atoms with Crippen LogP contribution in [0.2, 0.25) is 0 Å². The summed E-state index contributed by atoms with van der Waals surface area (Å²) in [5.74, 6) is 1.23. The maximum Gasteiger partial charge on any atom is 0.432 e. The molecule has 0 radical (unpaired) electrons. The first-order valence-electron chi connectivity index (χ1n) is 20.5. The molecule has 2 aliphatic rings. The summed E-state index contributed by atoms with van der Waals surface area (Å²) >= 11 is 0. The first-order chi connectivity index (χ1) is 30.7. The lowest BCUT2D eigenvalue weighted by Crippen LogP contribution is -2.43. The highest BCUT2D eigenvalue weighted by atomic mass is 16.5. The Balaban J connectivity index is 0.936. The van der Waals surface area contributed by atoms with E-state index in [-0.39, 0.29) is 17.9 Å². The number of imidazole rings is 2. The molecule has 1 unspecified atom stereocenters. The van der Waals surface area contributed by atoms with Gasteiger partial charge in [0.2, 0.25) is 5.91 Å². The number of nitrogens with zero attached hydrogens (tertiary/aromatic N) is 5. The second-order valence-corrected chi connectivity index (χ2v) is 15.2. The van der Waals surface area contributed by atoms with Crippen LogP contribution in [0.15, 0.2) is 139 Å². The Kier molecular flexibility index (Phi) is 12.5. The third kappa shape index (κ3) is 9.27. The van der Waals surface area contributed by atoms with Crippen molar-refractivity contribution in [2.45, 2.75) is 43.3 Å². The molecule has 3 N–H and O–H groups in total. The number of alkyl carbamates (subject to hydrolysis) is 1. The summed E-state index contributed by atoms with van der Waals surface area (Å²) in [6, 6.07) is 31.7. The van der Waals surface area contributed by atoms with Gasteiger partial charge in [-0.05, 0) is 72.4 Å². The number of H-pyrrole nitrogens is 2. The van der Waals surface area contributed by atoms with Crippen molar-refractivity contribution in [3.8, 4) is 34.0 Å². The van der Waals surface area contributed by atoms with E-state index in [1.165, 1.54) is 20.4 Å². The SMILES string of the molecule is C=C1CCN(C(=O)[C@H](NC(=O)OC)c2ccccc2)[C@@H]1c1ncc(-c2cccc(Oc3ccc(-c4c[nH]c([C@@H]5CCCN5C(=O)C(/C=N\C(=O)OC)c5ccccc5)n4)cc3)c2)[nH]1. The lowest BCUT2D eigenvalue weighted by molar-refractivity contribution is -0.134. The molecule has 0 saturated carbocycles. The van der Waals surface area contributed by atoms with E-state index in [1.54, 1.807) is 28.1 Å². The van der Waals surface area contributed by atoms with Crippen LogP contribution in [0.5, 0.6) is 11.5 Å². The highest BCUT2D eigenvalue weighted by Gasteiger charge is 2.39. The lowest BCUT2D eigenvalue weighted by atomic mass is 9.98. The van der Waals surface area contributed by atoms with Crippen LogP contribution >= 0.6 is 0 Å². The molecule has 8 rings (SSSR count). The fourth-order valence-electron chi connectivity index (χ4n) is 8.07. The average Bonchev–Trinajstić information content (AvgIpc) is 4.16. The summed E-state index contributed by atoms with van der Waals surface area (Å²) in [6.45, 7) is 5.22. The van der Waals surface area contributed by atoms with Gasteiger partial charge >= 0.3 is 12.2 Å². The van der Waals surface area contributed by atoms with E-state index in [9.17, 15) is 19.2 Å². The monoisotopic (exact) mass is 846 g/mol. The van der Waals surface area contributed by atoms with Crippen molar-refractivity contribution in [3.05, 3.63) is 157 Å². The number of likely N-dealkylation sites (tertiary alicyclic amines) is 2. The summed E-state index contributed by atoms with van der Waals surface area (Å²) in [7, 11) is 2.51. The molecule has 0 aliphatic carbocycles. The van der Waals surface area contributed by atoms with Gasteiger partial charge in [0, 0.05) is 36.6 Å². The van der Waals surface area contributed by atoms with Crippen molar-refractivity contribution in [3.63, 3.8) is 0 Å². The molecule has 320 valence electrons. The van der Waals surface area contributed by atoms with Crippen molar-refractivity contribution >= 4 is 30.2 Å². The van der Waals surface area contributed by atoms with Crippen LogP contribution in [0.4, 0.5) is 9.59 Å². The van der Waals surface area contributed by atoms with Crippen LogP contribution in [-0.4, -0.2) is 87.3 Å². The van der Waals surface area contributed by atoms with E-state index in [0.29, 0.717) is 48.2 Å². The number of aromatic amines is 2.